The van der Waals surface area contributed by atoms with Crippen LogP contribution in [0.15, 0.2) is 40.8 Å². The predicted octanol–water partition coefficient (Wildman–Crippen LogP) is 4.18. The summed E-state index contributed by atoms with van der Waals surface area (Å²) in [6.07, 6.45) is 0.990. The summed E-state index contributed by atoms with van der Waals surface area (Å²) < 4.78 is 16.3. The maximum atomic E-state index is 5.49. The van der Waals surface area contributed by atoms with Gasteiger partial charge in [0.1, 0.15) is 5.75 Å². The van der Waals surface area contributed by atoms with Gasteiger partial charge in [-0.1, -0.05) is 0 Å². The summed E-state index contributed by atoms with van der Waals surface area (Å²) in [7, 11) is 5.08. The molecule has 0 amide bonds. The molecule has 1 heterocycles. The van der Waals surface area contributed by atoms with Gasteiger partial charge in [0.05, 0.1) is 21.3 Å². The van der Waals surface area contributed by atoms with Crippen LogP contribution in [0.4, 0.5) is 0 Å². The van der Waals surface area contributed by atoms with Crippen LogP contribution in [0.2, 0.25) is 0 Å². The first-order valence-corrected chi connectivity index (χ1v) is 8.52. The molecule has 0 atom stereocenters. The fourth-order valence-corrected chi connectivity index (χ4v) is 4.49. The molecule has 0 N–H and O–H groups in total. The predicted molar refractivity (Wildman–Crippen MR) is 93.0 cm³/mol. The molecule has 2 aromatic rings. The number of fused-ring (bicyclic) bond motifs is 4. The van der Waals surface area contributed by atoms with E-state index >= 15 is 0 Å². The van der Waals surface area contributed by atoms with Crippen LogP contribution >= 0.6 is 11.8 Å². The lowest BCUT2D eigenvalue weighted by Crippen LogP contribution is -2.00. The Balaban J connectivity index is 1.87. The molecule has 2 aromatic carbocycles. The maximum Gasteiger partial charge on any atom is 0.161 e. The van der Waals surface area contributed by atoms with E-state index in [-0.39, 0.29) is 0 Å². The van der Waals surface area contributed by atoms with Crippen molar-refractivity contribution in [1.29, 1.82) is 0 Å². The minimum atomic E-state index is 0.785. The van der Waals surface area contributed by atoms with E-state index in [1.165, 1.54) is 32.7 Å². The first-order chi connectivity index (χ1) is 11.2. The number of rotatable bonds is 3. The van der Waals surface area contributed by atoms with Crippen molar-refractivity contribution in [3.05, 3.63) is 52.6 Å². The fraction of sp³-hybridized carbons (Fsp3) is 0.263. The highest BCUT2D eigenvalue weighted by Gasteiger charge is 2.29. The van der Waals surface area contributed by atoms with Gasteiger partial charge in [-0.15, -0.1) is 11.8 Å². The van der Waals surface area contributed by atoms with Crippen LogP contribution in [0.25, 0.3) is 5.57 Å². The second kappa shape index (κ2) is 5.53. The topological polar surface area (TPSA) is 27.7 Å². The summed E-state index contributed by atoms with van der Waals surface area (Å²) in [5, 5.41) is 0. The van der Waals surface area contributed by atoms with E-state index in [0.29, 0.717) is 0 Å². The molecule has 0 radical (unpaired) electrons. The minimum Gasteiger partial charge on any atom is -0.497 e. The highest BCUT2D eigenvalue weighted by molar-refractivity contribution is 7.99. The number of benzene rings is 2. The van der Waals surface area contributed by atoms with E-state index in [1.807, 2.05) is 17.8 Å². The molecule has 0 fully saturated rings. The van der Waals surface area contributed by atoms with Gasteiger partial charge in [0.25, 0.3) is 0 Å². The molecular formula is C19H18O3S. The summed E-state index contributed by atoms with van der Waals surface area (Å²) in [6, 6.07) is 10.6. The summed E-state index contributed by atoms with van der Waals surface area (Å²) in [5.41, 5.74) is 6.72. The third kappa shape index (κ3) is 2.20. The van der Waals surface area contributed by atoms with Crippen LogP contribution in [0.5, 0.6) is 17.2 Å². The molecule has 2 aliphatic rings. The molecule has 0 saturated carbocycles. The van der Waals surface area contributed by atoms with Crippen LogP contribution in [0.1, 0.15) is 16.7 Å². The lowest BCUT2D eigenvalue weighted by atomic mass is 9.97. The van der Waals surface area contributed by atoms with Gasteiger partial charge in [-0.05, 0) is 64.6 Å². The van der Waals surface area contributed by atoms with Gasteiger partial charge >= 0.3 is 0 Å². The first-order valence-electron chi connectivity index (χ1n) is 7.53. The Kier molecular flexibility index (Phi) is 3.49. The second-order valence-electron chi connectivity index (χ2n) is 5.67. The third-order valence-electron chi connectivity index (χ3n) is 4.50. The standard InChI is InChI=1S/C19H18O3S/c1-20-13-4-5-14-18(8-13)23-10-12-6-11-7-16(21-2)17(22-3)9-15(11)19(12)14/h4-5,7-9H,6,10H2,1-3H3. The monoisotopic (exact) mass is 326 g/mol. The van der Waals surface area contributed by atoms with Crippen molar-refractivity contribution in [1.82, 2.24) is 0 Å². The van der Waals surface area contributed by atoms with Gasteiger partial charge < -0.3 is 14.2 Å². The second-order valence-corrected chi connectivity index (χ2v) is 6.69. The van der Waals surface area contributed by atoms with Crippen LogP contribution < -0.4 is 14.2 Å². The van der Waals surface area contributed by atoms with E-state index < -0.39 is 0 Å². The zero-order chi connectivity index (χ0) is 16.0. The van der Waals surface area contributed by atoms with Crippen LogP contribution in [0, 0.1) is 0 Å². The van der Waals surface area contributed by atoms with Crippen molar-refractivity contribution in [2.24, 2.45) is 0 Å². The molecule has 0 unspecified atom stereocenters. The Morgan fingerprint density at radius 3 is 2.39 bits per heavy atom. The van der Waals surface area contributed by atoms with Crippen molar-refractivity contribution in [3.8, 4) is 17.2 Å². The highest BCUT2D eigenvalue weighted by atomic mass is 32.2. The highest BCUT2D eigenvalue weighted by Crippen LogP contribution is 2.49. The van der Waals surface area contributed by atoms with Gasteiger partial charge in [-0.3, -0.25) is 0 Å². The lowest BCUT2D eigenvalue weighted by molar-refractivity contribution is 0.354. The zero-order valence-corrected chi connectivity index (χ0v) is 14.3. The molecule has 0 saturated heterocycles. The van der Waals surface area contributed by atoms with Crippen LogP contribution in [0.3, 0.4) is 0 Å². The average Bonchev–Trinajstić information content (AvgIpc) is 2.97. The Morgan fingerprint density at radius 1 is 0.870 bits per heavy atom. The molecule has 0 aromatic heterocycles. The molecule has 1 aliphatic carbocycles. The Labute approximate surface area is 140 Å². The number of methoxy groups -OCH3 is 3. The number of ether oxygens (including phenoxy) is 3. The van der Waals surface area contributed by atoms with Gasteiger partial charge in [0.2, 0.25) is 0 Å². The average molecular weight is 326 g/mol. The third-order valence-corrected chi connectivity index (χ3v) is 5.64. The molecule has 4 heteroatoms. The molecule has 4 rings (SSSR count). The van der Waals surface area contributed by atoms with E-state index in [4.69, 9.17) is 14.2 Å². The quantitative estimate of drug-likeness (QED) is 0.846. The molecule has 118 valence electrons. The van der Waals surface area contributed by atoms with Gasteiger partial charge in [-0.25, -0.2) is 0 Å². The fourth-order valence-electron chi connectivity index (χ4n) is 3.39. The first kappa shape index (κ1) is 14.5. The summed E-state index contributed by atoms with van der Waals surface area (Å²) in [6.45, 7) is 0. The summed E-state index contributed by atoms with van der Waals surface area (Å²) >= 11 is 1.88. The van der Waals surface area contributed by atoms with Crippen LogP contribution in [-0.4, -0.2) is 27.1 Å². The molecular weight excluding hydrogens is 308 g/mol. The number of hydrogen-bond donors (Lipinski definition) is 0. The number of hydrogen-bond acceptors (Lipinski definition) is 4. The van der Waals surface area contributed by atoms with E-state index in [2.05, 4.69) is 24.3 Å². The molecule has 0 bridgehead atoms. The lowest BCUT2D eigenvalue weighted by Gasteiger charge is -2.20. The molecule has 23 heavy (non-hydrogen) atoms. The Morgan fingerprint density at radius 2 is 1.65 bits per heavy atom. The van der Waals surface area contributed by atoms with Crippen LogP contribution in [-0.2, 0) is 6.42 Å². The summed E-state index contributed by atoms with van der Waals surface area (Å²) in [4.78, 5) is 1.28. The van der Waals surface area contributed by atoms with Crippen molar-refractivity contribution >= 4 is 17.3 Å². The van der Waals surface area contributed by atoms with E-state index in [0.717, 1.165) is 29.4 Å². The number of thioether (sulfide) groups is 1. The van der Waals surface area contributed by atoms with Gasteiger partial charge in [0.15, 0.2) is 11.5 Å². The van der Waals surface area contributed by atoms with Crippen molar-refractivity contribution in [3.63, 3.8) is 0 Å². The Hall–Kier alpha value is -2.07. The van der Waals surface area contributed by atoms with Crippen molar-refractivity contribution in [2.75, 3.05) is 27.1 Å². The normalized spacial score (nSPS) is 14.9. The van der Waals surface area contributed by atoms with E-state index in [9.17, 15) is 0 Å². The zero-order valence-electron chi connectivity index (χ0n) is 13.4. The molecule has 0 spiro atoms. The maximum absolute atomic E-state index is 5.49. The van der Waals surface area contributed by atoms with Gasteiger partial charge in [-0.2, -0.15) is 0 Å². The molecule has 3 nitrogen and oxygen atoms in total. The molecule has 1 aliphatic heterocycles. The summed E-state index contributed by atoms with van der Waals surface area (Å²) in [5.74, 6) is 3.52. The SMILES string of the molecule is COc1ccc2c(c1)SCC1=C2c2cc(OC)c(OC)cc2C1. The van der Waals surface area contributed by atoms with Crippen molar-refractivity contribution in [2.45, 2.75) is 11.3 Å². The Bertz CT molecular complexity index is 824. The van der Waals surface area contributed by atoms with Gasteiger partial charge in [0, 0.05) is 10.6 Å². The van der Waals surface area contributed by atoms with Crippen molar-refractivity contribution < 1.29 is 14.2 Å². The largest absolute Gasteiger partial charge is 0.497 e. The minimum absolute atomic E-state index is 0.785. The smallest absolute Gasteiger partial charge is 0.161 e. The van der Waals surface area contributed by atoms with E-state index in [1.54, 1.807) is 21.3 Å².